The number of carbonyl (C=O) groups excluding carboxylic acids is 1. The number of amides is 1. The molecule has 1 aromatic rings. The lowest BCUT2D eigenvalue weighted by Gasteiger charge is -2.38. The molecule has 0 aromatic heterocycles. The van der Waals surface area contributed by atoms with E-state index in [1.54, 1.807) is 7.11 Å². The van der Waals surface area contributed by atoms with E-state index in [9.17, 15) is 4.79 Å². The van der Waals surface area contributed by atoms with E-state index in [1.807, 2.05) is 24.3 Å². The van der Waals surface area contributed by atoms with Gasteiger partial charge in [0.2, 0.25) is 5.91 Å². The summed E-state index contributed by atoms with van der Waals surface area (Å²) in [6, 6.07) is 7.54. The minimum absolute atomic E-state index is 0.108. The summed E-state index contributed by atoms with van der Waals surface area (Å²) in [4.78, 5) is 12.3. The molecule has 1 amide bonds. The third kappa shape index (κ3) is 3.86. The molecule has 2 N–H and O–H groups in total. The molecule has 126 valence electrons. The number of rotatable bonds is 5. The van der Waals surface area contributed by atoms with Gasteiger partial charge in [0.1, 0.15) is 5.75 Å². The Kier molecular flexibility index (Phi) is 5.21. The largest absolute Gasteiger partial charge is 0.497 e. The highest BCUT2D eigenvalue weighted by Crippen LogP contribution is 2.46. The van der Waals surface area contributed by atoms with Crippen LogP contribution in [0.4, 0.5) is 5.69 Å². The van der Waals surface area contributed by atoms with Crippen molar-refractivity contribution in [1.82, 2.24) is 5.32 Å². The minimum atomic E-state index is 0.108. The molecule has 1 aromatic carbocycles. The quantitative estimate of drug-likeness (QED) is 0.873. The zero-order valence-electron chi connectivity index (χ0n) is 14.1. The van der Waals surface area contributed by atoms with Crippen LogP contribution in [0.25, 0.3) is 0 Å². The van der Waals surface area contributed by atoms with E-state index in [4.69, 9.17) is 4.74 Å². The summed E-state index contributed by atoms with van der Waals surface area (Å²) in [5.74, 6) is 1.53. The summed E-state index contributed by atoms with van der Waals surface area (Å²) < 4.78 is 5.19. The van der Waals surface area contributed by atoms with Gasteiger partial charge in [0.15, 0.2) is 0 Å². The topological polar surface area (TPSA) is 50.4 Å². The first-order valence-electron chi connectivity index (χ1n) is 8.86. The number of anilines is 1. The maximum atomic E-state index is 12.3. The van der Waals surface area contributed by atoms with Crippen molar-refractivity contribution in [2.24, 2.45) is 11.3 Å². The van der Waals surface area contributed by atoms with Crippen molar-refractivity contribution >= 4 is 11.6 Å². The second kappa shape index (κ2) is 7.35. The van der Waals surface area contributed by atoms with Crippen molar-refractivity contribution in [3.63, 3.8) is 0 Å². The fourth-order valence-corrected chi connectivity index (χ4v) is 4.34. The highest BCUT2D eigenvalue weighted by atomic mass is 16.5. The molecular formula is C19H28N2O2. The standard InChI is InChI=1S/C19H28N2O2/c1-23-17-7-5-6-16(12-17)21-18(22)9-8-15-13-20-14-19(15)10-3-2-4-11-19/h5-7,12,15,20H,2-4,8-11,13-14H2,1H3,(H,21,22). The summed E-state index contributed by atoms with van der Waals surface area (Å²) >= 11 is 0. The summed E-state index contributed by atoms with van der Waals surface area (Å²) in [6.07, 6.45) is 8.35. The average molecular weight is 316 g/mol. The molecule has 4 heteroatoms. The van der Waals surface area contributed by atoms with Crippen LogP contribution in [0.3, 0.4) is 0 Å². The predicted octanol–water partition coefficient (Wildman–Crippen LogP) is 3.58. The van der Waals surface area contributed by atoms with Gasteiger partial charge < -0.3 is 15.4 Å². The summed E-state index contributed by atoms with van der Waals surface area (Å²) in [7, 11) is 1.64. The number of benzene rings is 1. The molecule has 23 heavy (non-hydrogen) atoms. The average Bonchev–Trinajstić information content (AvgIpc) is 2.95. The van der Waals surface area contributed by atoms with Crippen LogP contribution >= 0.6 is 0 Å². The lowest BCUT2D eigenvalue weighted by atomic mass is 9.66. The highest BCUT2D eigenvalue weighted by molar-refractivity contribution is 5.90. The van der Waals surface area contributed by atoms with Crippen LogP contribution in [-0.2, 0) is 4.79 Å². The van der Waals surface area contributed by atoms with Gasteiger partial charge in [-0.15, -0.1) is 0 Å². The maximum Gasteiger partial charge on any atom is 0.224 e. The van der Waals surface area contributed by atoms with Crippen LogP contribution in [0.15, 0.2) is 24.3 Å². The number of hydrogen-bond donors (Lipinski definition) is 2. The van der Waals surface area contributed by atoms with Crippen molar-refractivity contribution in [1.29, 1.82) is 0 Å². The Labute approximate surface area is 139 Å². The zero-order chi connectivity index (χ0) is 16.1. The molecule has 1 saturated carbocycles. The molecule has 1 unspecified atom stereocenters. The molecule has 3 rings (SSSR count). The van der Waals surface area contributed by atoms with Gasteiger partial charge in [-0.05, 0) is 49.3 Å². The van der Waals surface area contributed by atoms with Gasteiger partial charge in [0, 0.05) is 24.7 Å². The first-order valence-corrected chi connectivity index (χ1v) is 8.86. The van der Waals surface area contributed by atoms with Gasteiger partial charge in [0.25, 0.3) is 0 Å². The normalized spacial score (nSPS) is 22.9. The number of nitrogens with one attached hydrogen (secondary N) is 2. The van der Waals surface area contributed by atoms with Gasteiger partial charge in [-0.2, -0.15) is 0 Å². The maximum absolute atomic E-state index is 12.3. The molecule has 1 aliphatic carbocycles. The molecule has 0 radical (unpaired) electrons. The lowest BCUT2D eigenvalue weighted by Crippen LogP contribution is -2.33. The summed E-state index contributed by atoms with van der Waals surface area (Å²) in [5.41, 5.74) is 1.28. The van der Waals surface area contributed by atoms with Crippen LogP contribution in [0, 0.1) is 11.3 Å². The van der Waals surface area contributed by atoms with E-state index in [2.05, 4.69) is 10.6 Å². The molecule has 1 atom stereocenters. The molecule has 1 aliphatic heterocycles. The molecule has 1 spiro atoms. The van der Waals surface area contributed by atoms with Gasteiger partial charge in [-0.1, -0.05) is 25.3 Å². The molecule has 0 bridgehead atoms. The van der Waals surface area contributed by atoms with Crippen LogP contribution in [0.2, 0.25) is 0 Å². The van der Waals surface area contributed by atoms with Crippen molar-refractivity contribution in [2.45, 2.75) is 44.9 Å². The first-order chi connectivity index (χ1) is 11.2. The monoisotopic (exact) mass is 316 g/mol. The highest BCUT2D eigenvalue weighted by Gasteiger charge is 2.42. The molecule has 1 saturated heterocycles. The number of carbonyl (C=O) groups is 1. The van der Waals surface area contributed by atoms with Gasteiger partial charge in [-0.25, -0.2) is 0 Å². The molecule has 2 aliphatic rings. The molecule has 2 fully saturated rings. The van der Waals surface area contributed by atoms with E-state index < -0.39 is 0 Å². The Balaban J connectivity index is 1.52. The smallest absolute Gasteiger partial charge is 0.224 e. The summed E-state index contributed by atoms with van der Waals surface area (Å²) in [6.45, 7) is 2.22. The number of hydrogen-bond acceptors (Lipinski definition) is 3. The van der Waals surface area contributed by atoms with E-state index >= 15 is 0 Å². The third-order valence-corrected chi connectivity index (χ3v) is 5.66. The van der Waals surface area contributed by atoms with Crippen molar-refractivity contribution in [2.75, 3.05) is 25.5 Å². The van der Waals surface area contributed by atoms with Gasteiger partial charge in [0.05, 0.1) is 7.11 Å². The van der Waals surface area contributed by atoms with Gasteiger partial charge in [-0.3, -0.25) is 4.79 Å². The molecule has 1 heterocycles. The van der Waals surface area contributed by atoms with Crippen molar-refractivity contribution < 1.29 is 9.53 Å². The fraction of sp³-hybridized carbons (Fsp3) is 0.632. The Morgan fingerprint density at radius 1 is 1.35 bits per heavy atom. The van der Waals surface area contributed by atoms with Crippen molar-refractivity contribution in [3.05, 3.63) is 24.3 Å². The minimum Gasteiger partial charge on any atom is -0.497 e. The van der Waals surface area contributed by atoms with E-state index in [-0.39, 0.29) is 5.91 Å². The second-order valence-electron chi connectivity index (χ2n) is 7.07. The Morgan fingerprint density at radius 2 is 2.17 bits per heavy atom. The van der Waals surface area contributed by atoms with Crippen LogP contribution in [-0.4, -0.2) is 26.1 Å². The predicted molar refractivity (Wildman–Crippen MR) is 92.7 cm³/mol. The third-order valence-electron chi connectivity index (χ3n) is 5.66. The lowest BCUT2D eigenvalue weighted by molar-refractivity contribution is -0.116. The fourth-order valence-electron chi connectivity index (χ4n) is 4.34. The van der Waals surface area contributed by atoms with Crippen molar-refractivity contribution in [3.8, 4) is 5.75 Å². The SMILES string of the molecule is COc1cccc(NC(=O)CCC2CNCC23CCCCC3)c1. The zero-order valence-corrected chi connectivity index (χ0v) is 14.1. The Hall–Kier alpha value is -1.55. The Bertz CT molecular complexity index is 538. The molecule has 4 nitrogen and oxygen atoms in total. The van der Waals surface area contributed by atoms with Crippen LogP contribution < -0.4 is 15.4 Å². The Morgan fingerprint density at radius 3 is 2.96 bits per heavy atom. The van der Waals surface area contributed by atoms with E-state index in [1.165, 1.54) is 32.1 Å². The van der Waals surface area contributed by atoms with E-state index in [0.29, 0.717) is 17.8 Å². The second-order valence-corrected chi connectivity index (χ2v) is 7.07. The summed E-state index contributed by atoms with van der Waals surface area (Å²) in [5, 5.41) is 6.57. The molecular weight excluding hydrogens is 288 g/mol. The first kappa shape index (κ1) is 16.3. The van der Waals surface area contributed by atoms with Crippen LogP contribution in [0.1, 0.15) is 44.9 Å². The number of ether oxygens (including phenoxy) is 1. The van der Waals surface area contributed by atoms with Crippen LogP contribution in [0.5, 0.6) is 5.75 Å². The van der Waals surface area contributed by atoms with E-state index in [0.717, 1.165) is 30.9 Å². The van der Waals surface area contributed by atoms with Gasteiger partial charge >= 0.3 is 0 Å². The number of methoxy groups -OCH3 is 1.